The molecule has 108 valence electrons. The molecule has 0 radical (unpaired) electrons. The Morgan fingerprint density at radius 2 is 1.65 bits per heavy atom. The Kier molecular flexibility index (Phi) is 3.88. The van der Waals surface area contributed by atoms with E-state index in [9.17, 15) is 4.79 Å². The Morgan fingerprint density at radius 1 is 1.05 bits per heavy atom. The Labute approximate surface area is 124 Å². The van der Waals surface area contributed by atoms with Crippen molar-refractivity contribution >= 4 is 17.5 Å². The molecule has 4 heteroatoms. The minimum absolute atomic E-state index is 0.183. The Hall–Kier alpha value is -1.22. The number of rotatable bonds is 3. The van der Waals surface area contributed by atoms with Gasteiger partial charge in [-0.05, 0) is 62.8 Å². The van der Waals surface area contributed by atoms with Crippen molar-refractivity contribution in [2.24, 2.45) is 0 Å². The topological polar surface area (TPSA) is 29.5 Å². The van der Waals surface area contributed by atoms with Gasteiger partial charge in [-0.3, -0.25) is 4.79 Å². The second-order valence-electron chi connectivity index (χ2n) is 5.76. The van der Waals surface area contributed by atoms with Crippen LogP contribution < -0.4 is 4.74 Å². The smallest absolute Gasteiger partial charge is 0.266 e. The maximum atomic E-state index is 12.8. The molecule has 0 aromatic heterocycles. The number of amides is 1. The molecule has 1 aromatic carbocycles. The van der Waals surface area contributed by atoms with Gasteiger partial charge in [-0.25, -0.2) is 0 Å². The number of hydrogen-bond acceptors (Lipinski definition) is 2. The van der Waals surface area contributed by atoms with E-state index >= 15 is 0 Å². The van der Waals surface area contributed by atoms with Crippen molar-refractivity contribution in [1.82, 2.24) is 4.90 Å². The predicted molar refractivity (Wildman–Crippen MR) is 79.1 cm³/mol. The Balaban J connectivity index is 1.80. The highest BCUT2D eigenvalue weighted by atomic mass is 35.5. The van der Waals surface area contributed by atoms with Crippen molar-refractivity contribution in [3.05, 3.63) is 29.3 Å². The summed E-state index contributed by atoms with van der Waals surface area (Å²) >= 11 is 5.90. The van der Waals surface area contributed by atoms with Crippen LogP contribution in [0.2, 0.25) is 5.02 Å². The predicted octanol–water partition coefficient (Wildman–Crippen LogP) is 3.65. The normalized spacial score (nSPS) is 21.1. The lowest BCUT2D eigenvalue weighted by Crippen LogP contribution is -2.50. The minimum Gasteiger partial charge on any atom is -0.477 e. The first-order valence-corrected chi connectivity index (χ1v) is 7.81. The lowest BCUT2D eigenvalue weighted by Gasteiger charge is -2.32. The Bertz CT molecular complexity index is 474. The van der Waals surface area contributed by atoms with Gasteiger partial charge < -0.3 is 9.64 Å². The highest BCUT2D eigenvalue weighted by Crippen LogP contribution is 2.37. The van der Waals surface area contributed by atoms with E-state index in [-0.39, 0.29) is 5.91 Å². The summed E-state index contributed by atoms with van der Waals surface area (Å²) < 4.78 is 6.14. The summed E-state index contributed by atoms with van der Waals surface area (Å²) in [6.07, 6.45) is 6.00. The SMILES string of the molecule is O=C(N1CCCC1)C1(Oc2ccc(Cl)cc2)CCCC1. The first kappa shape index (κ1) is 13.7. The van der Waals surface area contributed by atoms with Crippen LogP contribution in [0.15, 0.2) is 24.3 Å². The lowest BCUT2D eigenvalue weighted by molar-refractivity contribution is -0.146. The molecule has 3 nitrogen and oxygen atoms in total. The minimum atomic E-state index is -0.641. The molecule has 1 aromatic rings. The zero-order valence-corrected chi connectivity index (χ0v) is 12.4. The van der Waals surface area contributed by atoms with Crippen LogP contribution in [-0.4, -0.2) is 29.5 Å². The van der Waals surface area contributed by atoms with Crippen LogP contribution in [0.4, 0.5) is 0 Å². The highest BCUT2D eigenvalue weighted by Gasteiger charge is 2.46. The van der Waals surface area contributed by atoms with E-state index in [1.165, 1.54) is 0 Å². The third kappa shape index (κ3) is 2.64. The molecule has 0 spiro atoms. The van der Waals surface area contributed by atoms with E-state index in [0.717, 1.165) is 57.4 Å². The summed E-state index contributed by atoms with van der Waals surface area (Å²) in [5.74, 6) is 0.922. The third-order valence-electron chi connectivity index (χ3n) is 4.32. The van der Waals surface area contributed by atoms with Crippen molar-refractivity contribution in [2.45, 2.75) is 44.1 Å². The van der Waals surface area contributed by atoms with Crippen molar-refractivity contribution < 1.29 is 9.53 Å². The quantitative estimate of drug-likeness (QED) is 0.851. The van der Waals surface area contributed by atoms with Gasteiger partial charge in [-0.15, -0.1) is 0 Å². The number of ether oxygens (including phenoxy) is 1. The zero-order valence-electron chi connectivity index (χ0n) is 11.6. The van der Waals surface area contributed by atoms with Gasteiger partial charge in [0.2, 0.25) is 0 Å². The summed E-state index contributed by atoms with van der Waals surface area (Å²) in [5.41, 5.74) is -0.641. The highest BCUT2D eigenvalue weighted by molar-refractivity contribution is 6.30. The second kappa shape index (κ2) is 5.65. The first-order chi connectivity index (χ1) is 9.70. The van der Waals surface area contributed by atoms with Crippen molar-refractivity contribution in [3.8, 4) is 5.75 Å². The molecule has 3 rings (SSSR count). The molecule has 1 heterocycles. The number of likely N-dealkylation sites (tertiary alicyclic amines) is 1. The standard InChI is InChI=1S/C16H20ClNO2/c17-13-5-7-14(8-6-13)20-16(9-1-2-10-16)15(19)18-11-3-4-12-18/h5-8H,1-4,9-12H2. The molecule has 1 saturated heterocycles. The molecule has 1 aliphatic carbocycles. The monoisotopic (exact) mass is 293 g/mol. The van der Waals surface area contributed by atoms with Crippen LogP contribution in [0.1, 0.15) is 38.5 Å². The van der Waals surface area contributed by atoms with Gasteiger partial charge in [0.05, 0.1) is 0 Å². The largest absolute Gasteiger partial charge is 0.477 e. The van der Waals surface area contributed by atoms with Crippen LogP contribution >= 0.6 is 11.6 Å². The van der Waals surface area contributed by atoms with Crippen LogP contribution in [0, 0.1) is 0 Å². The van der Waals surface area contributed by atoms with E-state index < -0.39 is 5.60 Å². The second-order valence-corrected chi connectivity index (χ2v) is 6.19. The number of benzene rings is 1. The maximum absolute atomic E-state index is 12.8. The summed E-state index contributed by atoms with van der Waals surface area (Å²) in [5, 5.41) is 0.684. The van der Waals surface area contributed by atoms with Gasteiger partial charge in [-0.1, -0.05) is 11.6 Å². The molecule has 1 amide bonds. The van der Waals surface area contributed by atoms with Gasteiger partial charge in [-0.2, -0.15) is 0 Å². The number of carbonyl (C=O) groups excluding carboxylic acids is 1. The summed E-state index contributed by atoms with van der Waals surface area (Å²) in [7, 11) is 0. The van der Waals surface area contributed by atoms with Gasteiger partial charge in [0.15, 0.2) is 5.60 Å². The average molecular weight is 294 g/mol. The molecule has 0 N–H and O–H groups in total. The number of hydrogen-bond donors (Lipinski definition) is 0. The summed E-state index contributed by atoms with van der Waals surface area (Å²) in [4.78, 5) is 14.8. The maximum Gasteiger partial charge on any atom is 0.266 e. The van der Waals surface area contributed by atoms with Crippen LogP contribution in [0.25, 0.3) is 0 Å². The summed E-state index contributed by atoms with van der Waals surface area (Å²) in [6, 6.07) is 7.30. The van der Waals surface area contributed by atoms with Crippen LogP contribution in [-0.2, 0) is 4.79 Å². The average Bonchev–Trinajstić information content (AvgIpc) is 3.12. The Morgan fingerprint density at radius 3 is 2.25 bits per heavy atom. The zero-order chi connectivity index (χ0) is 14.0. The number of carbonyl (C=O) groups is 1. The van der Waals surface area contributed by atoms with Crippen LogP contribution in [0.3, 0.4) is 0 Å². The first-order valence-electron chi connectivity index (χ1n) is 7.44. The molecule has 2 aliphatic rings. The molecule has 0 unspecified atom stereocenters. The number of nitrogens with zero attached hydrogens (tertiary/aromatic N) is 1. The van der Waals surface area contributed by atoms with Crippen molar-refractivity contribution in [3.63, 3.8) is 0 Å². The van der Waals surface area contributed by atoms with Gasteiger partial charge in [0, 0.05) is 18.1 Å². The lowest BCUT2D eigenvalue weighted by atomic mass is 10.00. The van der Waals surface area contributed by atoms with Gasteiger partial charge in [0.25, 0.3) is 5.91 Å². The van der Waals surface area contributed by atoms with Gasteiger partial charge >= 0.3 is 0 Å². The third-order valence-corrected chi connectivity index (χ3v) is 4.57. The van der Waals surface area contributed by atoms with Crippen LogP contribution in [0.5, 0.6) is 5.75 Å². The molecular weight excluding hydrogens is 274 g/mol. The van der Waals surface area contributed by atoms with E-state index in [2.05, 4.69) is 0 Å². The van der Waals surface area contributed by atoms with Crippen molar-refractivity contribution in [1.29, 1.82) is 0 Å². The molecule has 1 aliphatic heterocycles. The van der Waals surface area contributed by atoms with Gasteiger partial charge in [0.1, 0.15) is 5.75 Å². The molecular formula is C16H20ClNO2. The fraction of sp³-hybridized carbons (Fsp3) is 0.562. The van der Waals surface area contributed by atoms with E-state index in [1.54, 1.807) is 12.1 Å². The molecule has 2 fully saturated rings. The molecule has 0 atom stereocenters. The summed E-state index contributed by atoms with van der Waals surface area (Å²) in [6.45, 7) is 1.76. The van der Waals surface area contributed by atoms with E-state index in [1.807, 2.05) is 17.0 Å². The molecule has 0 bridgehead atoms. The van der Waals surface area contributed by atoms with Crippen molar-refractivity contribution in [2.75, 3.05) is 13.1 Å². The molecule has 1 saturated carbocycles. The fourth-order valence-corrected chi connectivity index (χ4v) is 3.37. The molecule has 20 heavy (non-hydrogen) atoms. The number of halogens is 1. The van der Waals surface area contributed by atoms with E-state index in [0.29, 0.717) is 5.02 Å². The van der Waals surface area contributed by atoms with E-state index in [4.69, 9.17) is 16.3 Å². The fourth-order valence-electron chi connectivity index (χ4n) is 3.24.